The zero-order chi connectivity index (χ0) is 56.8. The number of esters is 4. The number of unbranched alkanes of at least 4 members (excludes halogenated alkanes) is 3. The van der Waals surface area contributed by atoms with Crippen molar-refractivity contribution < 1.29 is 72.3 Å². The van der Waals surface area contributed by atoms with E-state index in [9.17, 15) is 43.2 Å². The van der Waals surface area contributed by atoms with Crippen molar-refractivity contribution in [3.05, 3.63) is 108 Å². The van der Waals surface area contributed by atoms with Crippen LogP contribution in [0.3, 0.4) is 0 Å². The van der Waals surface area contributed by atoms with Gasteiger partial charge in [0, 0.05) is 86.3 Å². The van der Waals surface area contributed by atoms with Gasteiger partial charge in [0.15, 0.2) is 5.78 Å². The van der Waals surface area contributed by atoms with Crippen LogP contribution < -0.4 is 0 Å². The number of Topliss-reactive ketones (excluding diaryl/α,β-unsaturated/α-hetero) is 2. The summed E-state index contributed by atoms with van der Waals surface area (Å²) in [6, 6.07) is 27.4. The molecule has 6 aliphatic heterocycles. The fourth-order valence-electron chi connectivity index (χ4n) is 13.3. The number of carboxylic acid groups (broad SMARTS) is 2. The molecule has 6 bridgehead atoms. The van der Waals surface area contributed by atoms with Crippen LogP contribution in [0.4, 0.5) is 0 Å². The summed E-state index contributed by atoms with van der Waals surface area (Å²) >= 11 is 0. The lowest BCUT2D eigenvalue weighted by Crippen LogP contribution is -2.57. The third-order valence-corrected chi connectivity index (χ3v) is 17.3. The SMILES string of the molecule is CN1C2CCC1C(C(=O)CCCCCCC(=O)O)[C@@H](CC(=O)c1ccccc1)C2.COC(=O)C1C2CCC(C[C@@H]1OC(=O)c1ccccc1)N2C.COC(=O)C1C2CCC(C[C@@H]1OC(=O)c1ccccc1)N2C(=O)CCC(=O)O. The number of amides is 1. The Morgan fingerprint density at radius 2 is 0.911 bits per heavy atom. The molecule has 79 heavy (non-hydrogen) atoms. The molecule has 0 aliphatic carbocycles. The monoisotopic (exact) mass is 1090 g/mol. The Balaban J connectivity index is 0.000000173. The fourth-order valence-corrected chi connectivity index (χ4v) is 13.3. The second kappa shape index (κ2) is 28.4. The molecule has 18 nitrogen and oxygen atoms in total. The minimum Gasteiger partial charge on any atom is -0.481 e. The Morgan fingerprint density at radius 3 is 1.42 bits per heavy atom. The Morgan fingerprint density at radius 1 is 0.481 bits per heavy atom. The summed E-state index contributed by atoms with van der Waals surface area (Å²) in [5, 5.41) is 17.5. The molecule has 12 atom stereocenters. The van der Waals surface area contributed by atoms with Crippen LogP contribution in [0.5, 0.6) is 0 Å². The lowest BCUT2D eigenvalue weighted by molar-refractivity contribution is -0.161. The number of hydrogen-bond donors (Lipinski definition) is 2. The number of nitrogens with zero attached hydrogens (tertiary/aromatic N) is 3. The van der Waals surface area contributed by atoms with Gasteiger partial charge in [-0.1, -0.05) is 79.6 Å². The standard InChI is InChI=1S/C24H33NO4.C20H23NO7.C17H21NO4/c1-25-19-13-14-20(25)24(21(26)11-7-2-3-8-12-23(28)29)18(15-19)16-22(27)17-9-5-4-6-10-17;1-27-20(26)18-14-8-7-13(21(14)16(22)9-10-17(23)24)11-15(18)28-19(25)12-5-3-2-4-6-12;1-18-12-8-9-13(18)15(17(20)21-2)14(10-12)22-16(19)11-6-4-3-5-7-11/h4-6,9-10,18-20,24H,2-3,7-8,11-16H2,1H3,(H,28,29);2-6,13-15,18H,7-11H2,1H3,(H,23,24);3-7,12-15H,8-10H2,1-2H3/t18-,19?,20?,24?;13?,14?,15-,18?;12?,13?,14-,15?/m100/s1. The number of fused-ring (bicyclic) bond motifs is 6. The predicted octanol–water partition coefficient (Wildman–Crippen LogP) is 7.85. The van der Waals surface area contributed by atoms with Crippen molar-refractivity contribution in [2.45, 2.75) is 164 Å². The van der Waals surface area contributed by atoms with Gasteiger partial charge in [0.05, 0.1) is 31.8 Å². The zero-order valence-electron chi connectivity index (χ0n) is 45.9. The second-order valence-electron chi connectivity index (χ2n) is 21.9. The maximum atomic E-state index is 13.2. The van der Waals surface area contributed by atoms with Crippen LogP contribution in [0.15, 0.2) is 91.0 Å². The summed E-state index contributed by atoms with van der Waals surface area (Å²) in [5.74, 6) is -4.48. The van der Waals surface area contributed by atoms with Gasteiger partial charge < -0.3 is 34.1 Å². The lowest BCUT2D eigenvalue weighted by Gasteiger charge is -2.42. The highest BCUT2D eigenvalue weighted by molar-refractivity contribution is 5.97. The first-order chi connectivity index (χ1) is 38.0. The molecule has 3 aromatic rings. The summed E-state index contributed by atoms with van der Waals surface area (Å²) in [4.78, 5) is 116. The van der Waals surface area contributed by atoms with Gasteiger partial charge in [-0.05, 0) is 102 Å². The smallest absolute Gasteiger partial charge is 0.338 e. The molecule has 6 fully saturated rings. The van der Waals surface area contributed by atoms with Crippen molar-refractivity contribution in [3.63, 3.8) is 0 Å². The van der Waals surface area contributed by atoms with Gasteiger partial charge >= 0.3 is 35.8 Å². The molecular weight excluding hydrogens is 1010 g/mol. The molecule has 0 aromatic heterocycles. The van der Waals surface area contributed by atoms with Gasteiger partial charge in [0.25, 0.3) is 0 Å². The first kappa shape index (κ1) is 59.9. The molecule has 1 amide bonds. The molecule has 3 aromatic carbocycles. The molecule has 18 heteroatoms. The Labute approximate surface area is 462 Å². The van der Waals surface area contributed by atoms with Gasteiger partial charge in [-0.3, -0.25) is 43.4 Å². The van der Waals surface area contributed by atoms with Gasteiger partial charge in [-0.25, -0.2) is 9.59 Å². The molecule has 0 radical (unpaired) electrons. The fraction of sp³-hybridized carbons (Fsp3) is 0.557. The third kappa shape index (κ3) is 15.1. The minimum absolute atomic E-state index is 0.0505. The highest BCUT2D eigenvalue weighted by Crippen LogP contribution is 2.45. The van der Waals surface area contributed by atoms with E-state index in [1.54, 1.807) is 59.5 Å². The highest BCUT2D eigenvalue weighted by atomic mass is 16.6. The molecular formula is C61H77N3O15. The van der Waals surface area contributed by atoms with E-state index in [-0.39, 0.29) is 72.9 Å². The first-order valence-corrected chi connectivity index (χ1v) is 28.0. The number of aliphatic carboxylic acids is 2. The van der Waals surface area contributed by atoms with Crippen LogP contribution in [-0.4, -0.2) is 155 Å². The number of ether oxygens (including phenoxy) is 4. The van der Waals surface area contributed by atoms with E-state index in [1.165, 1.54) is 14.2 Å². The number of ketones is 2. The van der Waals surface area contributed by atoms with Crippen molar-refractivity contribution in [1.29, 1.82) is 0 Å². The number of carboxylic acids is 2. The van der Waals surface area contributed by atoms with Crippen LogP contribution in [0.1, 0.15) is 147 Å². The first-order valence-electron chi connectivity index (χ1n) is 28.0. The summed E-state index contributed by atoms with van der Waals surface area (Å²) in [6.45, 7) is 0. The quantitative estimate of drug-likeness (QED) is 0.0474. The average Bonchev–Trinajstić information content (AvgIpc) is 4.21. The van der Waals surface area contributed by atoms with Crippen molar-refractivity contribution in [2.75, 3.05) is 28.3 Å². The molecule has 426 valence electrons. The normalized spacial score (nSPS) is 27.4. The number of hydrogen-bond acceptors (Lipinski definition) is 15. The van der Waals surface area contributed by atoms with Crippen LogP contribution in [-0.2, 0) is 47.7 Å². The van der Waals surface area contributed by atoms with E-state index in [0.717, 1.165) is 56.9 Å². The Kier molecular flexibility index (Phi) is 21.5. The summed E-state index contributed by atoms with van der Waals surface area (Å²) in [6.07, 6.45) is 10.3. The number of carbonyl (C=O) groups is 9. The topological polar surface area (TPSA) is 241 Å². The number of methoxy groups -OCH3 is 2. The Bertz CT molecular complexity index is 2600. The van der Waals surface area contributed by atoms with E-state index >= 15 is 0 Å². The molecule has 9 rings (SSSR count). The van der Waals surface area contributed by atoms with Crippen LogP contribution >= 0.6 is 0 Å². The minimum atomic E-state index is -1.04. The van der Waals surface area contributed by atoms with Crippen molar-refractivity contribution in [2.24, 2.45) is 23.7 Å². The van der Waals surface area contributed by atoms with E-state index in [1.807, 2.05) is 43.4 Å². The number of carbonyl (C=O) groups excluding carboxylic acids is 7. The molecule has 2 N–H and O–H groups in total. The van der Waals surface area contributed by atoms with E-state index in [4.69, 9.17) is 29.2 Å². The van der Waals surface area contributed by atoms with Gasteiger partial charge in [-0.15, -0.1) is 0 Å². The number of piperidine rings is 3. The van der Waals surface area contributed by atoms with Crippen molar-refractivity contribution >= 4 is 53.3 Å². The van der Waals surface area contributed by atoms with E-state index in [2.05, 4.69) is 16.8 Å². The summed E-state index contributed by atoms with van der Waals surface area (Å²) in [5.41, 5.74) is 1.64. The maximum Gasteiger partial charge on any atom is 0.338 e. The third-order valence-electron chi connectivity index (χ3n) is 17.3. The number of rotatable bonds is 20. The predicted molar refractivity (Wildman–Crippen MR) is 289 cm³/mol. The average molecular weight is 1090 g/mol. The van der Waals surface area contributed by atoms with Crippen LogP contribution in [0.25, 0.3) is 0 Å². The molecule has 0 spiro atoms. The second-order valence-corrected chi connectivity index (χ2v) is 21.9. The van der Waals surface area contributed by atoms with Crippen molar-refractivity contribution in [3.8, 4) is 0 Å². The van der Waals surface area contributed by atoms with E-state index in [0.29, 0.717) is 73.9 Å². The van der Waals surface area contributed by atoms with Crippen LogP contribution in [0.2, 0.25) is 0 Å². The lowest BCUT2D eigenvalue weighted by atomic mass is 9.74. The van der Waals surface area contributed by atoms with Gasteiger partial charge in [-0.2, -0.15) is 0 Å². The largest absolute Gasteiger partial charge is 0.481 e. The van der Waals surface area contributed by atoms with E-state index < -0.39 is 54.0 Å². The summed E-state index contributed by atoms with van der Waals surface area (Å²) in [7, 11) is 6.81. The zero-order valence-corrected chi connectivity index (χ0v) is 45.9. The molecule has 0 saturated carbocycles. The Hall–Kier alpha value is -6.79. The molecule has 6 saturated heterocycles. The maximum absolute atomic E-state index is 13.2. The highest BCUT2D eigenvalue weighted by Gasteiger charge is 2.55. The van der Waals surface area contributed by atoms with Crippen LogP contribution in [0, 0.1) is 23.7 Å². The van der Waals surface area contributed by atoms with Gasteiger partial charge in [0.2, 0.25) is 5.91 Å². The summed E-state index contributed by atoms with van der Waals surface area (Å²) < 4.78 is 21.2. The van der Waals surface area contributed by atoms with Gasteiger partial charge in [0.1, 0.15) is 29.8 Å². The number of benzene rings is 3. The molecule has 9 unspecified atom stereocenters. The molecule has 6 heterocycles. The van der Waals surface area contributed by atoms with Crippen molar-refractivity contribution in [1.82, 2.24) is 14.7 Å². The molecule has 6 aliphatic rings.